The molecule has 1 fully saturated rings. The van der Waals surface area contributed by atoms with Crippen LogP contribution >= 0.6 is 11.8 Å². The van der Waals surface area contributed by atoms with E-state index < -0.39 is 0 Å². The number of thioether (sulfide) groups is 1. The second-order valence-electron chi connectivity index (χ2n) is 6.89. The number of hydrogen-bond acceptors (Lipinski definition) is 3. The van der Waals surface area contributed by atoms with E-state index in [0.717, 1.165) is 31.1 Å². The minimum absolute atomic E-state index is 0.145. The van der Waals surface area contributed by atoms with Gasteiger partial charge in [-0.2, -0.15) is 0 Å². The first-order valence-electron chi connectivity index (χ1n) is 8.96. The van der Waals surface area contributed by atoms with Crippen LogP contribution in [0.25, 0.3) is 10.8 Å². The number of benzene rings is 2. The molecule has 0 atom stereocenters. The Labute approximate surface area is 158 Å². The number of nitrogens with zero attached hydrogens (tertiary/aromatic N) is 2. The molecule has 2 aromatic rings. The normalized spacial score (nSPS) is 15.2. The number of amides is 2. The summed E-state index contributed by atoms with van der Waals surface area (Å²) in [5.41, 5.74) is 0. The van der Waals surface area contributed by atoms with Crippen molar-refractivity contribution in [2.45, 2.75) is 4.90 Å². The van der Waals surface area contributed by atoms with Gasteiger partial charge in [-0.1, -0.05) is 30.3 Å². The molecule has 1 N–H and O–H groups in total. The topological polar surface area (TPSA) is 45.1 Å². The largest absolute Gasteiger partial charge is 0.344 e. The average molecular weight is 373 g/mol. The predicted molar refractivity (Wildman–Crippen MR) is 106 cm³/mol. The fourth-order valence-electron chi connectivity index (χ4n) is 3.11. The summed E-state index contributed by atoms with van der Waals surface area (Å²) in [4.78, 5) is 30.2. The molecule has 0 bridgehead atoms. The zero-order valence-corrected chi connectivity index (χ0v) is 16.2. The van der Waals surface area contributed by atoms with E-state index in [1.54, 1.807) is 30.8 Å². The van der Waals surface area contributed by atoms with Crippen LogP contribution in [0.3, 0.4) is 0 Å². The summed E-state index contributed by atoms with van der Waals surface area (Å²) in [6.45, 7) is 3.65. The maximum absolute atomic E-state index is 12.5. The fourth-order valence-corrected chi connectivity index (χ4v) is 3.96. The van der Waals surface area contributed by atoms with Crippen molar-refractivity contribution in [3.63, 3.8) is 0 Å². The Morgan fingerprint density at radius 3 is 2.46 bits per heavy atom. The Morgan fingerprint density at radius 1 is 1.08 bits per heavy atom. The van der Waals surface area contributed by atoms with Crippen LogP contribution in [0.15, 0.2) is 47.4 Å². The Kier molecular flexibility index (Phi) is 6.16. The van der Waals surface area contributed by atoms with E-state index in [4.69, 9.17) is 0 Å². The molecule has 1 saturated heterocycles. The van der Waals surface area contributed by atoms with Gasteiger partial charge in [-0.3, -0.25) is 9.59 Å². The Morgan fingerprint density at radius 2 is 1.77 bits per heavy atom. The van der Waals surface area contributed by atoms with Crippen LogP contribution in [0, 0.1) is 0 Å². The lowest BCUT2D eigenvalue weighted by molar-refractivity contribution is -0.896. The van der Waals surface area contributed by atoms with Crippen molar-refractivity contribution in [1.29, 1.82) is 0 Å². The number of quaternary nitrogens is 1. The van der Waals surface area contributed by atoms with Crippen molar-refractivity contribution in [2.24, 2.45) is 0 Å². The number of rotatable bonds is 5. The molecule has 2 aromatic carbocycles. The molecule has 0 aromatic heterocycles. The van der Waals surface area contributed by atoms with Crippen molar-refractivity contribution in [3.8, 4) is 0 Å². The number of likely N-dealkylation sites (N-methyl/N-ethyl adjacent to an activating group) is 1. The molecule has 26 heavy (non-hydrogen) atoms. The van der Waals surface area contributed by atoms with Gasteiger partial charge in [-0.05, 0) is 22.9 Å². The van der Waals surface area contributed by atoms with Gasteiger partial charge in [0.05, 0.1) is 31.9 Å². The van der Waals surface area contributed by atoms with Crippen LogP contribution in [0.2, 0.25) is 0 Å². The van der Waals surface area contributed by atoms with E-state index in [1.165, 1.54) is 15.7 Å². The summed E-state index contributed by atoms with van der Waals surface area (Å²) in [6.07, 6.45) is 0. The van der Waals surface area contributed by atoms with Crippen molar-refractivity contribution >= 4 is 34.3 Å². The number of hydrogen-bond donors (Lipinski definition) is 1. The third-order valence-electron chi connectivity index (χ3n) is 4.81. The summed E-state index contributed by atoms with van der Waals surface area (Å²) >= 11 is 1.59. The van der Waals surface area contributed by atoms with Crippen molar-refractivity contribution in [3.05, 3.63) is 42.5 Å². The molecular weight excluding hydrogens is 346 g/mol. The molecule has 0 aliphatic carbocycles. The number of piperazine rings is 1. The lowest BCUT2D eigenvalue weighted by Gasteiger charge is -2.32. The van der Waals surface area contributed by atoms with Gasteiger partial charge in [0.15, 0.2) is 6.54 Å². The van der Waals surface area contributed by atoms with E-state index in [0.29, 0.717) is 12.3 Å². The molecule has 2 amide bonds. The monoisotopic (exact) mass is 372 g/mol. The van der Waals surface area contributed by atoms with Crippen LogP contribution < -0.4 is 4.90 Å². The highest BCUT2D eigenvalue weighted by molar-refractivity contribution is 8.00. The average Bonchev–Trinajstić information content (AvgIpc) is 2.66. The first-order valence-corrected chi connectivity index (χ1v) is 9.94. The van der Waals surface area contributed by atoms with Crippen LogP contribution in [0.5, 0.6) is 0 Å². The molecule has 3 rings (SSSR count). The summed E-state index contributed by atoms with van der Waals surface area (Å²) in [5, 5.41) is 2.42. The minimum atomic E-state index is 0.145. The maximum Gasteiger partial charge on any atom is 0.277 e. The Hall–Kier alpha value is -2.05. The van der Waals surface area contributed by atoms with Gasteiger partial charge in [-0.25, -0.2) is 0 Å². The highest BCUT2D eigenvalue weighted by Crippen LogP contribution is 2.23. The zero-order valence-electron chi connectivity index (χ0n) is 15.4. The van der Waals surface area contributed by atoms with Gasteiger partial charge >= 0.3 is 0 Å². The quantitative estimate of drug-likeness (QED) is 0.788. The molecule has 0 unspecified atom stereocenters. The summed E-state index contributed by atoms with van der Waals surface area (Å²) in [7, 11) is 3.57. The Bertz CT molecular complexity index is 785. The second-order valence-corrected chi connectivity index (χ2v) is 7.94. The molecule has 1 heterocycles. The molecule has 5 nitrogen and oxygen atoms in total. The SMILES string of the molecule is CN(C)C(=O)C[NH+]1CCN(C(=O)CSc2ccc3ccccc3c2)CC1. The lowest BCUT2D eigenvalue weighted by Crippen LogP contribution is -3.15. The zero-order chi connectivity index (χ0) is 18.5. The number of nitrogens with one attached hydrogen (secondary N) is 1. The smallest absolute Gasteiger partial charge is 0.277 e. The van der Waals surface area contributed by atoms with Crippen molar-refractivity contribution in [2.75, 3.05) is 52.6 Å². The van der Waals surface area contributed by atoms with E-state index in [9.17, 15) is 9.59 Å². The third-order valence-corrected chi connectivity index (χ3v) is 5.79. The van der Waals surface area contributed by atoms with E-state index in [2.05, 4.69) is 30.3 Å². The van der Waals surface area contributed by atoms with Crippen LogP contribution in [0.4, 0.5) is 0 Å². The standard InChI is InChI=1S/C20H25N3O2S/c1-21(2)19(24)14-22-9-11-23(12-10-22)20(25)15-26-18-8-7-16-5-3-4-6-17(16)13-18/h3-8,13H,9-12,14-15H2,1-2H3/p+1. The van der Waals surface area contributed by atoms with Gasteiger partial charge in [0, 0.05) is 19.0 Å². The molecule has 138 valence electrons. The molecule has 1 aliphatic heterocycles. The van der Waals surface area contributed by atoms with Gasteiger partial charge in [0.25, 0.3) is 5.91 Å². The van der Waals surface area contributed by atoms with Crippen LogP contribution in [-0.4, -0.2) is 74.2 Å². The fraction of sp³-hybridized carbons (Fsp3) is 0.400. The van der Waals surface area contributed by atoms with Gasteiger partial charge in [0.2, 0.25) is 5.91 Å². The van der Waals surface area contributed by atoms with Gasteiger partial charge in [-0.15, -0.1) is 11.8 Å². The van der Waals surface area contributed by atoms with Crippen molar-refractivity contribution in [1.82, 2.24) is 9.80 Å². The van der Waals surface area contributed by atoms with Crippen LogP contribution in [0.1, 0.15) is 0 Å². The molecule has 1 aliphatic rings. The molecular formula is C20H26N3O2S+. The van der Waals surface area contributed by atoms with Gasteiger partial charge in [0.1, 0.15) is 0 Å². The third kappa shape index (κ3) is 4.77. The number of carbonyl (C=O) groups excluding carboxylic acids is 2. The highest BCUT2D eigenvalue weighted by Gasteiger charge is 2.25. The second kappa shape index (κ2) is 8.56. The molecule has 0 saturated carbocycles. The first-order chi connectivity index (χ1) is 12.5. The molecule has 0 spiro atoms. The summed E-state index contributed by atoms with van der Waals surface area (Å²) in [6, 6.07) is 14.6. The number of fused-ring (bicyclic) bond motifs is 1. The van der Waals surface area contributed by atoms with E-state index >= 15 is 0 Å². The Balaban J connectivity index is 1.47. The molecule has 0 radical (unpaired) electrons. The summed E-state index contributed by atoms with van der Waals surface area (Å²) < 4.78 is 0. The first kappa shape index (κ1) is 18.7. The summed E-state index contributed by atoms with van der Waals surface area (Å²) in [5.74, 6) is 0.789. The highest BCUT2D eigenvalue weighted by atomic mass is 32.2. The molecule has 6 heteroatoms. The number of carbonyl (C=O) groups is 2. The van der Waals surface area contributed by atoms with E-state index in [1.807, 2.05) is 17.0 Å². The minimum Gasteiger partial charge on any atom is -0.344 e. The lowest BCUT2D eigenvalue weighted by atomic mass is 10.1. The van der Waals surface area contributed by atoms with Gasteiger partial charge < -0.3 is 14.7 Å². The maximum atomic E-state index is 12.5. The van der Waals surface area contributed by atoms with E-state index in [-0.39, 0.29) is 11.8 Å². The van der Waals surface area contributed by atoms with Crippen LogP contribution in [-0.2, 0) is 9.59 Å². The predicted octanol–water partition coefficient (Wildman–Crippen LogP) is 0.747. The van der Waals surface area contributed by atoms with Crippen molar-refractivity contribution < 1.29 is 14.5 Å².